The van der Waals surface area contributed by atoms with Gasteiger partial charge >= 0.3 is 0 Å². The van der Waals surface area contributed by atoms with E-state index in [-0.39, 0.29) is 11.5 Å². The maximum Gasteiger partial charge on any atom is 0.267 e. The Kier molecular flexibility index (Phi) is 7.92. The minimum atomic E-state index is -2.86. The first-order valence-corrected chi connectivity index (χ1v) is 12.4. The van der Waals surface area contributed by atoms with E-state index in [9.17, 15) is 8.78 Å². The third kappa shape index (κ3) is 5.29. The van der Waals surface area contributed by atoms with E-state index in [0.717, 1.165) is 56.1 Å². The summed E-state index contributed by atoms with van der Waals surface area (Å²) in [7, 11) is 0. The Morgan fingerprint density at radius 2 is 1.44 bits per heavy atom. The van der Waals surface area contributed by atoms with Gasteiger partial charge in [-0.3, -0.25) is 0 Å². The van der Waals surface area contributed by atoms with Gasteiger partial charge in [0.05, 0.1) is 5.56 Å². The van der Waals surface area contributed by atoms with Crippen LogP contribution in [-0.4, -0.2) is 0 Å². The molecule has 3 aromatic rings. The fourth-order valence-corrected chi connectivity index (χ4v) is 5.25. The summed E-state index contributed by atoms with van der Waals surface area (Å²) in [6.45, 7) is 5.94. The largest absolute Gasteiger partial charge is 0.267 e. The van der Waals surface area contributed by atoms with Crippen LogP contribution in [0.4, 0.5) is 13.2 Å². The monoisotopic (exact) mass is 462 g/mol. The van der Waals surface area contributed by atoms with Crippen molar-refractivity contribution in [2.24, 2.45) is 5.92 Å². The van der Waals surface area contributed by atoms with E-state index in [1.165, 1.54) is 5.56 Å². The van der Waals surface area contributed by atoms with E-state index in [2.05, 4.69) is 37.8 Å². The van der Waals surface area contributed by atoms with Crippen molar-refractivity contribution >= 4 is 0 Å². The number of allylic oxidation sites excluding steroid dienone is 1. The van der Waals surface area contributed by atoms with Gasteiger partial charge in [-0.05, 0) is 83.7 Å². The normalized spacial score (nSPS) is 18.3. The summed E-state index contributed by atoms with van der Waals surface area (Å²) in [4.78, 5) is 0. The van der Waals surface area contributed by atoms with E-state index in [1.54, 1.807) is 12.1 Å². The Hall–Kier alpha value is -2.81. The molecule has 178 valence electrons. The van der Waals surface area contributed by atoms with Gasteiger partial charge in [-0.25, -0.2) is 13.2 Å². The highest BCUT2D eigenvalue weighted by Crippen LogP contribution is 2.42. The quantitative estimate of drug-likeness (QED) is 0.292. The first kappa shape index (κ1) is 24.3. The van der Waals surface area contributed by atoms with Gasteiger partial charge in [0.2, 0.25) is 0 Å². The SMILES string of the molecule is C=CCCc1ccc(-c2ccc(-c3ccc(C4CCC(CC)CC4)c(F)c3C(F)F)cc2)cc1. The minimum absolute atomic E-state index is 0.0335. The summed E-state index contributed by atoms with van der Waals surface area (Å²) in [6.07, 6.45) is 5.92. The van der Waals surface area contributed by atoms with Crippen molar-refractivity contribution in [3.8, 4) is 22.3 Å². The molecule has 0 bridgehead atoms. The summed E-state index contributed by atoms with van der Waals surface area (Å²) in [6, 6.07) is 19.2. The zero-order valence-corrected chi connectivity index (χ0v) is 19.9. The van der Waals surface area contributed by atoms with Crippen LogP contribution >= 0.6 is 0 Å². The highest BCUT2D eigenvalue weighted by molar-refractivity contribution is 5.73. The molecule has 0 aliphatic heterocycles. The molecule has 1 saturated carbocycles. The fraction of sp³-hybridized carbons (Fsp3) is 0.355. The van der Waals surface area contributed by atoms with Crippen molar-refractivity contribution in [3.05, 3.63) is 95.8 Å². The first-order chi connectivity index (χ1) is 16.5. The molecule has 0 aromatic heterocycles. The van der Waals surface area contributed by atoms with Gasteiger partial charge < -0.3 is 0 Å². The number of rotatable bonds is 8. The van der Waals surface area contributed by atoms with E-state index >= 15 is 4.39 Å². The van der Waals surface area contributed by atoms with Crippen LogP contribution < -0.4 is 0 Å². The van der Waals surface area contributed by atoms with Gasteiger partial charge in [0.15, 0.2) is 0 Å². The molecular weight excluding hydrogens is 429 g/mol. The van der Waals surface area contributed by atoms with Crippen molar-refractivity contribution in [2.75, 3.05) is 0 Å². The van der Waals surface area contributed by atoms with E-state index in [1.807, 2.05) is 30.3 Å². The van der Waals surface area contributed by atoms with Gasteiger partial charge in [-0.15, -0.1) is 6.58 Å². The molecule has 34 heavy (non-hydrogen) atoms. The molecule has 1 aliphatic carbocycles. The molecule has 0 saturated heterocycles. The van der Waals surface area contributed by atoms with Crippen LogP contribution in [0, 0.1) is 11.7 Å². The van der Waals surface area contributed by atoms with Crippen molar-refractivity contribution in [1.29, 1.82) is 0 Å². The Balaban J connectivity index is 1.59. The van der Waals surface area contributed by atoms with Crippen LogP contribution in [0.15, 0.2) is 73.3 Å². The third-order valence-corrected chi connectivity index (χ3v) is 7.41. The lowest BCUT2D eigenvalue weighted by molar-refractivity contribution is 0.146. The fourth-order valence-electron chi connectivity index (χ4n) is 5.25. The molecule has 0 radical (unpaired) electrons. The second-order valence-corrected chi connectivity index (χ2v) is 9.46. The molecule has 3 heteroatoms. The second kappa shape index (κ2) is 11.1. The number of aryl methyl sites for hydroxylation is 1. The number of hydrogen-bond donors (Lipinski definition) is 0. The molecule has 0 amide bonds. The number of hydrogen-bond acceptors (Lipinski definition) is 0. The van der Waals surface area contributed by atoms with Crippen molar-refractivity contribution in [1.82, 2.24) is 0 Å². The maximum absolute atomic E-state index is 15.4. The van der Waals surface area contributed by atoms with E-state index in [0.29, 0.717) is 17.0 Å². The summed E-state index contributed by atoms with van der Waals surface area (Å²) in [5.41, 5.74) is 4.21. The average molecular weight is 463 g/mol. The van der Waals surface area contributed by atoms with Crippen LogP contribution in [0.25, 0.3) is 22.3 Å². The zero-order chi connectivity index (χ0) is 24.1. The lowest BCUT2D eigenvalue weighted by atomic mass is 9.77. The molecule has 0 unspecified atom stereocenters. The zero-order valence-electron chi connectivity index (χ0n) is 19.9. The third-order valence-electron chi connectivity index (χ3n) is 7.41. The maximum atomic E-state index is 15.4. The molecule has 0 nitrogen and oxygen atoms in total. The molecule has 1 aliphatic rings. The molecule has 0 spiro atoms. The van der Waals surface area contributed by atoms with Gasteiger partial charge in [0.25, 0.3) is 6.43 Å². The topological polar surface area (TPSA) is 0 Å². The standard InChI is InChI=1S/C31H33F3/c1-3-5-6-22-9-11-23(12-10-22)24-15-17-25(18-16-24)27-19-20-28(30(32)29(27)31(33)34)26-13-7-21(4-2)8-14-26/h3,9-12,15-21,26,31H,1,4-8,13-14H2,2H3. The smallest absolute Gasteiger partial charge is 0.206 e. The predicted molar refractivity (Wildman–Crippen MR) is 136 cm³/mol. The molecule has 3 aromatic carbocycles. The predicted octanol–water partition coefficient (Wildman–Crippen LogP) is 9.90. The van der Waals surface area contributed by atoms with Gasteiger partial charge in [-0.2, -0.15) is 0 Å². The van der Waals surface area contributed by atoms with Crippen LogP contribution in [0.1, 0.15) is 74.5 Å². The molecule has 0 N–H and O–H groups in total. The lowest BCUT2D eigenvalue weighted by Crippen LogP contribution is -2.14. The number of alkyl halides is 2. The highest BCUT2D eigenvalue weighted by atomic mass is 19.3. The lowest BCUT2D eigenvalue weighted by Gasteiger charge is -2.29. The van der Waals surface area contributed by atoms with Crippen LogP contribution in [-0.2, 0) is 6.42 Å². The molecule has 1 fully saturated rings. The van der Waals surface area contributed by atoms with Crippen LogP contribution in [0.5, 0.6) is 0 Å². The minimum Gasteiger partial charge on any atom is -0.206 e. The van der Waals surface area contributed by atoms with Gasteiger partial charge in [0, 0.05) is 0 Å². The summed E-state index contributed by atoms with van der Waals surface area (Å²) >= 11 is 0. The first-order valence-electron chi connectivity index (χ1n) is 12.4. The Bertz CT molecular complexity index is 1090. The molecule has 0 atom stereocenters. The Morgan fingerprint density at radius 3 is 2.00 bits per heavy atom. The Labute approximate surface area is 201 Å². The van der Waals surface area contributed by atoms with E-state index < -0.39 is 17.8 Å². The highest BCUT2D eigenvalue weighted by Gasteiger charge is 2.28. The summed E-state index contributed by atoms with van der Waals surface area (Å²) in [5.74, 6) is -0.00664. The second-order valence-electron chi connectivity index (χ2n) is 9.46. The van der Waals surface area contributed by atoms with Gasteiger partial charge in [-0.1, -0.05) is 80.1 Å². The summed E-state index contributed by atoms with van der Waals surface area (Å²) < 4.78 is 43.5. The summed E-state index contributed by atoms with van der Waals surface area (Å²) in [5, 5.41) is 0. The molecule has 0 heterocycles. The van der Waals surface area contributed by atoms with E-state index in [4.69, 9.17) is 0 Å². The van der Waals surface area contributed by atoms with Crippen LogP contribution in [0.2, 0.25) is 0 Å². The van der Waals surface area contributed by atoms with Crippen molar-refractivity contribution in [3.63, 3.8) is 0 Å². The van der Waals surface area contributed by atoms with Crippen molar-refractivity contribution in [2.45, 2.75) is 64.2 Å². The average Bonchev–Trinajstić information content (AvgIpc) is 2.87. The Morgan fingerprint density at radius 1 is 0.853 bits per heavy atom. The molecule has 4 rings (SSSR count). The van der Waals surface area contributed by atoms with Crippen molar-refractivity contribution < 1.29 is 13.2 Å². The number of halogens is 3. The molecular formula is C31H33F3. The number of benzene rings is 3. The van der Waals surface area contributed by atoms with Crippen LogP contribution in [0.3, 0.4) is 0 Å². The van der Waals surface area contributed by atoms with Gasteiger partial charge in [0.1, 0.15) is 5.82 Å².